The number of unbranched alkanes of at least 4 members (excludes halogenated alkanes) is 25. The zero-order chi connectivity index (χ0) is 45.8. The molecule has 63 heavy (non-hydrogen) atoms. The fourth-order valence-corrected chi connectivity index (χ4v) is 7.18. The second-order valence-electron chi connectivity index (χ2n) is 17.5. The van der Waals surface area contributed by atoms with E-state index in [9.17, 15) is 14.4 Å². The Labute approximate surface area is 389 Å². The van der Waals surface area contributed by atoms with Crippen LogP contribution in [0.3, 0.4) is 0 Å². The Morgan fingerprint density at radius 1 is 0.333 bits per heavy atom. The molecule has 0 saturated carbocycles. The van der Waals surface area contributed by atoms with Gasteiger partial charge in [0.2, 0.25) is 0 Å². The van der Waals surface area contributed by atoms with Crippen LogP contribution in [0, 0.1) is 0 Å². The SMILES string of the molecule is CCCC/C=C\C=C/CCCCCC(=O)OCC(COC(=O)CCC/C=C\C/C=C\C/C=C\C/C=C\CCCCC)OC(=O)CCCCCCCCCCCCCCCCCCC. The standard InChI is InChI=1S/C57H98O6/c1-4-7-10-13-16-19-22-24-26-28-30-32-35-38-41-44-47-50-56(59)62-53-54(52-61-55(58)49-46-43-40-37-34-21-18-15-12-9-6-3)63-57(60)51-48-45-42-39-36-33-31-29-27-25-23-20-17-14-11-8-5-2/h15-16,18-19,21,24,26,30,32,34,38,41,54H,4-14,17,20,22-23,25,27-29,31,33,35-37,39-40,42-53H2,1-3H3/b18-15-,19-16-,26-24-,32-30-,34-21-,41-38-. The molecule has 1 unspecified atom stereocenters. The molecule has 0 aromatic rings. The second kappa shape index (κ2) is 51.5. The molecule has 0 rings (SSSR count). The van der Waals surface area contributed by atoms with Gasteiger partial charge in [0.15, 0.2) is 6.10 Å². The predicted octanol–water partition coefficient (Wildman–Crippen LogP) is 17.4. The maximum atomic E-state index is 12.8. The fourth-order valence-electron chi connectivity index (χ4n) is 7.18. The largest absolute Gasteiger partial charge is 0.462 e. The molecule has 1 atom stereocenters. The van der Waals surface area contributed by atoms with Crippen molar-refractivity contribution in [1.29, 1.82) is 0 Å². The van der Waals surface area contributed by atoms with Crippen molar-refractivity contribution < 1.29 is 28.6 Å². The third-order valence-corrected chi connectivity index (χ3v) is 11.2. The number of rotatable bonds is 47. The molecule has 0 fully saturated rings. The summed E-state index contributed by atoms with van der Waals surface area (Å²) < 4.78 is 16.7. The molecule has 0 aromatic carbocycles. The summed E-state index contributed by atoms with van der Waals surface area (Å²) in [6, 6.07) is 0. The van der Waals surface area contributed by atoms with E-state index < -0.39 is 6.10 Å². The van der Waals surface area contributed by atoms with Crippen molar-refractivity contribution in [2.24, 2.45) is 0 Å². The van der Waals surface area contributed by atoms with E-state index in [1.807, 2.05) is 0 Å². The highest BCUT2D eigenvalue weighted by molar-refractivity contribution is 5.71. The van der Waals surface area contributed by atoms with Gasteiger partial charge in [-0.25, -0.2) is 0 Å². The molecule has 0 spiro atoms. The normalized spacial score (nSPS) is 12.6. The van der Waals surface area contributed by atoms with E-state index in [2.05, 4.69) is 93.7 Å². The quantitative estimate of drug-likeness (QED) is 0.0199. The molecular weight excluding hydrogens is 781 g/mol. The Morgan fingerprint density at radius 2 is 0.651 bits per heavy atom. The van der Waals surface area contributed by atoms with Crippen LogP contribution in [0.25, 0.3) is 0 Å². The molecule has 0 amide bonds. The van der Waals surface area contributed by atoms with Gasteiger partial charge in [-0.2, -0.15) is 0 Å². The van der Waals surface area contributed by atoms with Crippen molar-refractivity contribution in [2.75, 3.05) is 13.2 Å². The molecule has 0 aliphatic heterocycles. The molecule has 0 N–H and O–H groups in total. The minimum absolute atomic E-state index is 0.105. The summed E-state index contributed by atoms with van der Waals surface area (Å²) in [7, 11) is 0. The van der Waals surface area contributed by atoms with E-state index in [4.69, 9.17) is 14.2 Å². The first-order valence-corrected chi connectivity index (χ1v) is 26.5. The number of hydrogen-bond acceptors (Lipinski definition) is 6. The maximum absolute atomic E-state index is 12.8. The highest BCUT2D eigenvalue weighted by Gasteiger charge is 2.19. The van der Waals surface area contributed by atoms with Crippen molar-refractivity contribution in [1.82, 2.24) is 0 Å². The van der Waals surface area contributed by atoms with E-state index >= 15 is 0 Å². The van der Waals surface area contributed by atoms with E-state index in [0.717, 1.165) is 77.0 Å². The molecule has 0 saturated heterocycles. The topological polar surface area (TPSA) is 78.9 Å². The van der Waals surface area contributed by atoms with Gasteiger partial charge in [-0.1, -0.05) is 229 Å². The lowest BCUT2D eigenvalue weighted by molar-refractivity contribution is -0.167. The van der Waals surface area contributed by atoms with Crippen LogP contribution in [0.15, 0.2) is 72.9 Å². The molecule has 362 valence electrons. The fraction of sp³-hybridized carbons (Fsp3) is 0.737. The Balaban J connectivity index is 4.45. The highest BCUT2D eigenvalue weighted by Crippen LogP contribution is 2.15. The van der Waals surface area contributed by atoms with Gasteiger partial charge in [0, 0.05) is 19.3 Å². The average molecular weight is 879 g/mol. The number of carbonyl (C=O) groups excluding carboxylic acids is 3. The smallest absolute Gasteiger partial charge is 0.306 e. The Kier molecular flexibility index (Phi) is 48.9. The van der Waals surface area contributed by atoms with Crippen LogP contribution in [-0.4, -0.2) is 37.2 Å². The van der Waals surface area contributed by atoms with Crippen molar-refractivity contribution in [3.8, 4) is 0 Å². The van der Waals surface area contributed by atoms with Crippen LogP contribution in [-0.2, 0) is 28.6 Å². The lowest BCUT2D eigenvalue weighted by Crippen LogP contribution is -2.30. The van der Waals surface area contributed by atoms with E-state index in [-0.39, 0.29) is 37.5 Å². The molecule has 0 radical (unpaired) electrons. The van der Waals surface area contributed by atoms with Gasteiger partial charge in [0.25, 0.3) is 0 Å². The number of esters is 3. The zero-order valence-electron chi connectivity index (χ0n) is 41.3. The summed E-state index contributed by atoms with van der Waals surface area (Å²) >= 11 is 0. The highest BCUT2D eigenvalue weighted by atomic mass is 16.6. The summed E-state index contributed by atoms with van der Waals surface area (Å²) in [5.41, 5.74) is 0. The zero-order valence-corrected chi connectivity index (χ0v) is 41.3. The van der Waals surface area contributed by atoms with Crippen molar-refractivity contribution in [3.63, 3.8) is 0 Å². The summed E-state index contributed by atoms with van der Waals surface area (Å²) in [6.07, 6.45) is 64.7. The first-order valence-electron chi connectivity index (χ1n) is 26.5. The number of ether oxygens (including phenoxy) is 3. The summed E-state index contributed by atoms with van der Waals surface area (Å²) in [6.45, 7) is 6.49. The van der Waals surface area contributed by atoms with Crippen LogP contribution in [0.1, 0.15) is 252 Å². The van der Waals surface area contributed by atoms with Gasteiger partial charge >= 0.3 is 17.9 Å². The van der Waals surface area contributed by atoms with Gasteiger partial charge in [-0.05, 0) is 77.0 Å². The monoisotopic (exact) mass is 879 g/mol. The van der Waals surface area contributed by atoms with Gasteiger partial charge in [0.05, 0.1) is 0 Å². The van der Waals surface area contributed by atoms with Crippen LogP contribution >= 0.6 is 0 Å². The van der Waals surface area contributed by atoms with Gasteiger partial charge in [0.1, 0.15) is 13.2 Å². The minimum atomic E-state index is -0.805. The van der Waals surface area contributed by atoms with E-state index in [1.54, 1.807) is 0 Å². The number of allylic oxidation sites excluding steroid dienone is 12. The van der Waals surface area contributed by atoms with Gasteiger partial charge < -0.3 is 14.2 Å². The van der Waals surface area contributed by atoms with Crippen molar-refractivity contribution in [2.45, 2.75) is 258 Å². The molecule has 0 aromatic heterocycles. The lowest BCUT2D eigenvalue weighted by Gasteiger charge is -2.18. The second-order valence-corrected chi connectivity index (χ2v) is 17.5. The van der Waals surface area contributed by atoms with Crippen LogP contribution < -0.4 is 0 Å². The Bertz CT molecular complexity index is 1190. The Hall–Kier alpha value is -3.15. The van der Waals surface area contributed by atoms with Crippen LogP contribution in [0.4, 0.5) is 0 Å². The first kappa shape index (κ1) is 59.9. The summed E-state index contributed by atoms with van der Waals surface area (Å²) in [4.78, 5) is 37.9. The predicted molar refractivity (Wildman–Crippen MR) is 270 cm³/mol. The molecule has 0 bridgehead atoms. The van der Waals surface area contributed by atoms with Gasteiger partial charge in [-0.3, -0.25) is 14.4 Å². The molecule has 6 heteroatoms. The molecule has 0 heterocycles. The molecule has 0 aliphatic rings. The molecular formula is C57H98O6. The van der Waals surface area contributed by atoms with Crippen molar-refractivity contribution in [3.05, 3.63) is 72.9 Å². The molecule has 6 nitrogen and oxygen atoms in total. The lowest BCUT2D eigenvalue weighted by atomic mass is 10.0. The molecule has 0 aliphatic carbocycles. The van der Waals surface area contributed by atoms with E-state index in [1.165, 1.54) is 128 Å². The Morgan fingerprint density at radius 3 is 1.13 bits per heavy atom. The third-order valence-electron chi connectivity index (χ3n) is 11.2. The summed E-state index contributed by atoms with van der Waals surface area (Å²) in [5.74, 6) is -0.984. The third kappa shape index (κ3) is 49.7. The van der Waals surface area contributed by atoms with Crippen LogP contribution in [0.5, 0.6) is 0 Å². The number of carbonyl (C=O) groups is 3. The van der Waals surface area contributed by atoms with E-state index in [0.29, 0.717) is 19.3 Å². The van der Waals surface area contributed by atoms with Crippen molar-refractivity contribution >= 4 is 17.9 Å². The average Bonchev–Trinajstić information content (AvgIpc) is 3.28. The summed E-state index contributed by atoms with van der Waals surface area (Å²) in [5, 5.41) is 0. The minimum Gasteiger partial charge on any atom is -0.462 e. The van der Waals surface area contributed by atoms with Crippen LogP contribution in [0.2, 0.25) is 0 Å². The number of hydrogen-bond donors (Lipinski definition) is 0. The first-order chi connectivity index (χ1) is 31.0. The maximum Gasteiger partial charge on any atom is 0.306 e. The van der Waals surface area contributed by atoms with Gasteiger partial charge in [-0.15, -0.1) is 0 Å².